The Labute approximate surface area is 137 Å². The first kappa shape index (κ1) is 17.2. The number of hydrogen-bond acceptors (Lipinski definition) is 2. The largest absolute Gasteiger partial charge is 0.396 e. The topological polar surface area (TPSA) is 42.2 Å². The monoisotopic (exact) mass is 311 g/mol. The summed E-state index contributed by atoms with van der Waals surface area (Å²) in [6, 6.07) is 12.0. The van der Waals surface area contributed by atoms with Gasteiger partial charge < -0.3 is 9.67 Å². The summed E-state index contributed by atoms with van der Waals surface area (Å²) in [7, 11) is 0. The average molecular weight is 311 g/mol. The van der Waals surface area contributed by atoms with Crippen LogP contribution in [-0.4, -0.2) is 16.3 Å². The van der Waals surface area contributed by atoms with Gasteiger partial charge in [0.25, 0.3) is 5.56 Å². The third-order valence-corrected chi connectivity index (χ3v) is 3.82. The Balaban J connectivity index is 2.11. The third kappa shape index (κ3) is 4.93. The SMILES string of the molecule is CC(C)(C)c1ccc(/C=C/c2ccn(CCCO)c(=O)c2)cc1. The summed E-state index contributed by atoms with van der Waals surface area (Å²) in [5.74, 6) is 0. The van der Waals surface area contributed by atoms with Gasteiger partial charge in [-0.3, -0.25) is 4.79 Å². The highest BCUT2D eigenvalue weighted by molar-refractivity contribution is 5.69. The van der Waals surface area contributed by atoms with Crippen molar-refractivity contribution in [2.24, 2.45) is 0 Å². The van der Waals surface area contributed by atoms with Gasteiger partial charge in [-0.25, -0.2) is 0 Å². The number of rotatable bonds is 5. The summed E-state index contributed by atoms with van der Waals surface area (Å²) in [6.45, 7) is 7.24. The fraction of sp³-hybridized carbons (Fsp3) is 0.350. The first-order valence-electron chi connectivity index (χ1n) is 8.00. The van der Waals surface area contributed by atoms with E-state index in [1.165, 1.54) is 5.56 Å². The smallest absolute Gasteiger partial charge is 0.251 e. The van der Waals surface area contributed by atoms with Gasteiger partial charge in [-0.2, -0.15) is 0 Å². The molecule has 0 saturated heterocycles. The van der Waals surface area contributed by atoms with E-state index in [-0.39, 0.29) is 17.6 Å². The number of aryl methyl sites for hydroxylation is 1. The molecule has 2 rings (SSSR count). The van der Waals surface area contributed by atoms with Crippen molar-refractivity contribution in [2.75, 3.05) is 6.61 Å². The number of hydrogen-bond donors (Lipinski definition) is 1. The number of pyridine rings is 1. The first-order valence-corrected chi connectivity index (χ1v) is 8.00. The second-order valence-electron chi connectivity index (χ2n) is 6.77. The van der Waals surface area contributed by atoms with Crippen LogP contribution in [-0.2, 0) is 12.0 Å². The highest BCUT2D eigenvalue weighted by Crippen LogP contribution is 2.22. The molecule has 1 N–H and O–H groups in total. The van der Waals surface area contributed by atoms with Crippen molar-refractivity contribution in [3.63, 3.8) is 0 Å². The maximum atomic E-state index is 12.0. The van der Waals surface area contributed by atoms with E-state index in [2.05, 4.69) is 45.0 Å². The van der Waals surface area contributed by atoms with E-state index in [1.807, 2.05) is 18.2 Å². The molecule has 0 saturated carbocycles. The number of aliphatic hydroxyl groups is 1. The molecule has 3 nitrogen and oxygen atoms in total. The molecule has 0 unspecified atom stereocenters. The van der Waals surface area contributed by atoms with E-state index in [4.69, 9.17) is 5.11 Å². The minimum atomic E-state index is -0.0383. The van der Waals surface area contributed by atoms with Crippen LogP contribution in [0.1, 0.15) is 43.9 Å². The molecule has 0 radical (unpaired) electrons. The van der Waals surface area contributed by atoms with Crippen LogP contribution >= 0.6 is 0 Å². The van der Waals surface area contributed by atoms with Gasteiger partial charge in [-0.1, -0.05) is 57.2 Å². The molecular formula is C20H25NO2. The number of benzene rings is 1. The van der Waals surface area contributed by atoms with Crippen molar-refractivity contribution >= 4 is 12.2 Å². The van der Waals surface area contributed by atoms with Crippen LogP contribution in [0.2, 0.25) is 0 Å². The second kappa shape index (κ2) is 7.42. The molecule has 1 aromatic heterocycles. The molecule has 0 amide bonds. The molecule has 0 aliphatic carbocycles. The quantitative estimate of drug-likeness (QED) is 0.915. The molecule has 3 heteroatoms. The molecule has 0 aliphatic rings. The van der Waals surface area contributed by atoms with Gasteiger partial charge in [0.2, 0.25) is 0 Å². The van der Waals surface area contributed by atoms with Crippen LogP contribution in [0.15, 0.2) is 47.4 Å². The summed E-state index contributed by atoms with van der Waals surface area (Å²) in [5.41, 5.74) is 3.42. The number of aliphatic hydroxyl groups excluding tert-OH is 1. The molecule has 1 aromatic carbocycles. The Morgan fingerprint density at radius 3 is 2.26 bits per heavy atom. The molecule has 122 valence electrons. The lowest BCUT2D eigenvalue weighted by Gasteiger charge is -2.18. The highest BCUT2D eigenvalue weighted by atomic mass is 16.3. The molecule has 1 heterocycles. The molecule has 23 heavy (non-hydrogen) atoms. The van der Waals surface area contributed by atoms with Gasteiger partial charge in [0.15, 0.2) is 0 Å². The zero-order valence-corrected chi connectivity index (χ0v) is 14.1. The zero-order valence-electron chi connectivity index (χ0n) is 14.1. The molecule has 0 atom stereocenters. The Bertz CT molecular complexity index is 719. The molecule has 0 spiro atoms. The molecule has 0 fully saturated rings. The lowest BCUT2D eigenvalue weighted by molar-refractivity contribution is 0.279. The van der Waals surface area contributed by atoms with Gasteiger partial charge >= 0.3 is 0 Å². The molecule has 0 bridgehead atoms. The normalized spacial score (nSPS) is 12.0. The van der Waals surface area contributed by atoms with Crippen molar-refractivity contribution < 1.29 is 5.11 Å². The Kier molecular flexibility index (Phi) is 5.56. The Morgan fingerprint density at radius 2 is 1.70 bits per heavy atom. The molecule has 0 aliphatic heterocycles. The summed E-state index contributed by atoms with van der Waals surface area (Å²) in [5, 5.41) is 8.83. The average Bonchev–Trinajstić information content (AvgIpc) is 2.51. The maximum Gasteiger partial charge on any atom is 0.251 e. The Morgan fingerprint density at radius 1 is 1.04 bits per heavy atom. The predicted molar refractivity (Wildman–Crippen MR) is 96.5 cm³/mol. The highest BCUT2D eigenvalue weighted by Gasteiger charge is 2.12. The lowest BCUT2D eigenvalue weighted by Crippen LogP contribution is -2.19. The maximum absolute atomic E-state index is 12.0. The van der Waals surface area contributed by atoms with E-state index < -0.39 is 0 Å². The van der Waals surface area contributed by atoms with E-state index in [1.54, 1.807) is 16.8 Å². The summed E-state index contributed by atoms with van der Waals surface area (Å²) in [6.07, 6.45) is 6.33. The van der Waals surface area contributed by atoms with Crippen LogP contribution in [0.5, 0.6) is 0 Å². The van der Waals surface area contributed by atoms with E-state index in [0.717, 1.165) is 11.1 Å². The van der Waals surface area contributed by atoms with Crippen LogP contribution in [0.3, 0.4) is 0 Å². The van der Waals surface area contributed by atoms with Crippen molar-refractivity contribution in [3.05, 3.63) is 69.6 Å². The predicted octanol–water partition coefficient (Wildman–Crippen LogP) is 3.70. The second-order valence-corrected chi connectivity index (χ2v) is 6.77. The first-order chi connectivity index (χ1) is 10.9. The lowest BCUT2D eigenvalue weighted by atomic mass is 9.87. The van der Waals surface area contributed by atoms with Crippen LogP contribution < -0.4 is 5.56 Å². The number of aromatic nitrogens is 1. The van der Waals surface area contributed by atoms with Crippen LogP contribution in [0.4, 0.5) is 0 Å². The Hall–Kier alpha value is -2.13. The summed E-state index contributed by atoms with van der Waals surface area (Å²) < 4.78 is 1.62. The van der Waals surface area contributed by atoms with E-state index >= 15 is 0 Å². The van der Waals surface area contributed by atoms with Crippen molar-refractivity contribution in [1.82, 2.24) is 4.57 Å². The van der Waals surface area contributed by atoms with Crippen molar-refractivity contribution in [3.8, 4) is 0 Å². The van der Waals surface area contributed by atoms with Crippen LogP contribution in [0.25, 0.3) is 12.2 Å². The van der Waals surface area contributed by atoms with Gasteiger partial charge in [0.1, 0.15) is 0 Å². The van der Waals surface area contributed by atoms with E-state index in [0.29, 0.717) is 13.0 Å². The van der Waals surface area contributed by atoms with Gasteiger partial charge in [-0.05, 0) is 34.6 Å². The minimum absolute atomic E-state index is 0.0383. The van der Waals surface area contributed by atoms with Gasteiger partial charge in [0.05, 0.1) is 0 Å². The number of nitrogens with zero attached hydrogens (tertiary/aromatic N) is 1. The van der Waals surface area contributed by atoms with Crippen molar-refractivity contribution in [2.45, 2.75) is 39.2 Å². The zero-order chi connectivity index (χ0) is 16.9. The fourth-order valence-electron chi connectivity index (χ4n) is 2.34. The van der Waals surface area contributed by atoms with Crippen molar-refractivity contribution in [1.29, 1.82) is 0 Å². The minimum Gasteiger partial charge on any atom is -0.396 e. The van der Waals surface area contributed by atoms with Gasteiger partial charge in [0, 0.05) is 25.4 Å². The molecular weight excluding hydrogens is 286 g/mol. The third-order valence-electron chi connectivity index (χ3n) is 3.82. The van der Waals surface area contributed by atoms with E-state index in [9.17, 15) is 4.79 Å². The molecule has 2 aromatic rings. The summed E-state index contributed by atoms with van der Waals surface area (Å²) in [4.78, 5) is 12.0. The standard InChI is InChI=1S/C20H25NO2/c1-20(2,3)18-9-7-16(8-10-18)5-6-17-11-13-21(12-4-14-22)19(23)15-17/h5-11,13,15,22H,4,12,14H2,1-3H3/b6-5+. The fourth-order valence-corrected chi connectivity index (χ4v) is 2.34. The van der Waals surface area contributed by atoms with Gasteiger partial charge in [-0.15, -0.1) is 0 Å². The summed E-state index contributed by atoms with van der Waals surface area (Å²) >= 11 is 0. The van der Waals surface area contributed by atoms with Crippen LogP contribution in [0, 0.1) is 0 Å².